The Morgan fingerprint density at radius 3 is 2.50 bits per heavy atom. The van der Waals surface area contributed by atoms with Crippen molar-refractivity contribution in [2.45, 2.75) is 19.5 Å². The number of benzene rings is 1. The summed E-state index contributed by atoms with van der Waals surface area (Å²) in [4.78, 5) is 0. The molecule has 0 amide bonds. The van der Waals surface area contributed by atoms with Gasteiger partial charge < -0.3 is 0 Å². The second kappa shape index (κ2) is 3.86. The first-order valence-electron chi connectivity index (χ1n) is 4.30. The highest BCUT2D eigenvalue weighted by Crippen LogP contribution is 2.32. The van der Waals surface area contributed by atoms with Crippen molar-refractivity contribution in [1.82, 2.24) is 0 Å². The van der Waals surface area contributed by atoms with Crippen molar-refractivity contribution in [1.29, 1.82) is 0 Å². The van der Waals surface area contributed by atoms with E-state index in [0.717, 1.165) is 12.0 Å². The molecule has 0 spiro atoms. The Labute approximate surface area is 81.1 Å². The molecule has 0 fully saturated rings. The molecule has 0 aliphatic carbocycles. The summed E-state index contributed by atoms with van der Waals surface area (Å²) in [6.07, 6.45) is -3.62. The Bertz CT molecular complexity index is 337. The first-order valence-corrected chi connectivity index (χ1v) is 4.30. The SMILES string of the molecule is C=C(c1cccc(CC)c1)C(F)(F)F. The molecule has 0 aliphatic heterocycles. The van der Waals surface area contributed by atoms with Crippen LogP contribution >= 0.6 is 0 Å². The molecule has 0 aliphatic rings. The number of alkyl halides is 3. The molecule has 0 nitrogen and oxygen atoms in total. The van der Waals surface area contributed by atoms with Gasteiger partial charge in [-0.2, -0.15) is 13.2 Å². The summed E-state index contributed by atoms with van der Waals surface area (Å²) in [6, 6.07) is 6.36. The van der Waals surface area contributed by atoms with Crippen molar-refractivity contribution in [2.75, 3.05) is 0 Å². The predicted molar refractivity (Wildman–Crippen MR) is 50.9 cm³/mol. The van der Waals surface area contributed by atoms with E-state index in [9.17, 15) is 13.2 Å². The Kier molecular flexibility index (Phi) is 2.99. The third-order valence-corrected chi connectivity index (χ3v) is 2.03. The number of aryl methyl sites for hydroxylation is 1. The minimum absolute atomic E-state index is 0.150. The van der Waals surface area contributed by atoms with Gasteiger partial charge in [0.25, 0.3) is 0 Å². The second-order valence-corrected chi connectivity index (χ2v) is 3.03. The molecule has 0 unspecified atom stereocenters. The molecular weight excluding hydrogens is 189 g/mol. The fourth-order valence-electron chi connectivity index (χ4n) is 1.14. The number of halogens is 3. The lowest BCUT2D eigenvalue weighted by Crippen LogP contribution is -2.09. The Morgan fingerprint density at radius 1 is 1.36 bits per heavy atom. The zero-order valence-corrected chi connectivity index (χ0v) is 7.86. The highest BCUT2D eigenvalue weighted by atomic mass is 19.4. The van der Waals surface area contributed by atoms with Gasteiger partial charge in [0.15, 0.2) is 0 Å². The summed E-state index contributed by atoms with van der Waals surface area (Å²) in [5, 5.41) is 0. The van der Waals surface area contributed by atoms with E-state index in [-0.39, 0.29) is 5.56 Å². The largest absolute Gasteiger partial charge is 0.416 e. The minimum atomic E-state index is -4.34. The molecular formula is C11H11F3. The molecule has 1 aromatic rings. The first-order chi connectivity index (χ1) is 6.45. The highest BCUT2D eigenvalue weighted by molar-refractivity contribution is 5.67. The molecule has 0 bridgehead atoms. The van der Waals surface area contributed by atoms with Crippen LogP contribution in [0.4, 0.5) is 13.2 Å². The molecule has 0 heterocycles. The summed E-state index contributed by atoms with van der Waals surface area (Å²) in [6.45, 7) is 4.94. The average molecular weight is 200 g/mol. The van der Waals surface area contributed by atoms with E-state index in [1.807, 2.05) is 6.92 Å². The van der Waals surface area contributed by atoms with Crippen LogP contribution in [0.2, 0.25) is 0 Å². The van der Waals surface area contributed by atoms with Crippen molar-refractivity contribution in [3.8, 4) is 0 Å². The van der Waals surface area contributed by atoms with Crippen LogP contribution in [0.3, 0.4) is 0 Å². The summed E-state index contributed by atoms with van der Waals surface area (Å²) in [7, 11) is 0. The lowest BCUT2D eigenvalue weighted by atomic mass is 10.0. The number of rotatable bonds is 2. The van der Waals surface area contributed by atoms with Gasteiger partial charge in [-0.05, 0) is 17.5 Å². The van der Waals surface area contributed by atoms with Crippen molar-refractivity contribution in [3.05, 3.63) is 42.0 Å². The fourth-order valence-corrected chi connectivity index (χ4v) is 1.14. The Morgan fingerprint density at radius 2 is 2.00 bits per heavy atom. The van der Waals surface area contributed by atoms with Crippen LogP contribution in [-0.4, -0.2) is 6.18 Å². The van der Waals surface area contributed by atoms with Gasteiger partial charge in [0.05, 0.1) is 5.57 Å². The van der Waals surface area contributed by atoms with Gasteiger partial charge in [-0.25, -0.2) is 0 Å². The van der Waals surface area contributed by atoms with E-state index in [0.29, 0.717) is 0 Å². The fraction of sp³-hybridized carbons (Fsp3) is 0.273. The summed E-state index contributed by atoms with van der Waals surface area (Å²) < 4.78 is 36.8. The summed E-state index contributed by atoms with van der Waals surface area (Å²) >= 11 is 0. The van der Waals surface area contributed by atoms with Crippen LogP contribution in [0.25, 0.3) is 5.57 Å². The Hall–Kier alpha value is -1.25. The van der Waals surface area contributed by atoms with Gasteiger partial charge in [0, 0.05) is 0 Å². The monoisotopic (exact) mass is 200 g/mol. The van der Waals surface area contributed by atoms with Crippen LogP contribution in [0, 0.1) is 0 Å². The van der Waals surface area contributed by atoms with E-state index in [1.54, 1.807) is 12.1 Å². The van der Waals surface area contributed by atoms with Crippen LogP contribution in [0.15, 0.2) is 30.8 Å². The van der Waals surface area contributed by atoms with Gasteiger partial charge in [0.1, 0.15) is 0 Å². The standard InChI is InChI=1S/C11H11F3/c1-3-9-5-4-6-10(7-9)8(2)11(12,13)14/h4-7H,2-3H2,1H3. The zero-order chi connectivity index (χ0) is 10.8. The molecule has 0 radical (unpaired) electrons. The molecule has 14 heavy (non-hydrogen) atoms. The van der Waals surface area contributed by atoms with Crippen molar-refractivity contribution < 1.29 is 13.2 Å². The lowest BCUT2D eigenvalue weighted by molar-refractivity contribution is -0.0686. The number of allylic oxidation sites excluding steroid dienone is 1. The van der Waals surface area contributed by atoms with E-state index in [4.69, 9.17) is 0 Å². The molecule has 0 saturated heterocycles. The smallest absolute Gasteiger partial charge is 0.166 e. The van der Waals surface area contributed by atoms with Gasteiger partial charge >= 0.3 is 6.18 Å². The zero-order valence-electron chi connectivity index (χ0n) is 7.86. The van der Waals surface area contributed by atoms with Crippen LogP contribution < -0.4 is 0 Å². The van der Waals surface area contributed by atoms with Crippen molar-refractivity contribution >= 4 is 5.57 Å². The molecule has 0 aromatic heterocycles. The molecule has 1 rings (SSSR count). The lowest BCUT2D eigenvalue weighted by Gasteiger charge is -2.10. The predicted octanol–water partition coefficient (Wildman–Crippen LogP) is 3.82. The molecule has 3 heteroatoms. The quantitative estimate of drug-likeness (QED) is 0.680. The third-order valence-electron chi connectivity index (χ3n) is 2.03. The van der Waals surface area contributed by atoms with Crippen molar-refractivity contribution in [2.24, 2.45) is 0 Å². The topological polar surface area (TPSA) is 0 Å². The maximum Gasteiger partial charge on any atom is 0.416 e. The number of hydrogen-bond donors (Lipinski definition) is 0. The summed E-state index contributed by atoms with van der Waals surface area (Å²) in [5.41, 5.74) is 0.248. The van der Waals surface area contributed by atoms with Gasteiger partial charge in [-0.3, -0.25) is 0 Å². The third kappa shape index (κ3) is 2.37. The van der Waals surface area contributed by atoms with Crippen LogP contribution in [-0.2, 0) is 6.42 Å². The minimum Gasteiger partial charge on any atom is -0.166 e. The van der Waals surface area contributed by atoms with E-state index >= 15 is 0 Å². The molecule has 0 saturated carbocycles. The first kappa shape index (κ1) is 10.8. The maximum absolute atomic E-state index is 12.3. The summed E-state index contributed by atoms with van der Waals surface area (Å²) in [5.74, 6) is 0. The highest BCUT2D eigenvalue weighted by Gasteiger charge is 2.32. The van der Waals surface area contributed by atoms with Crippen LogP contribution in [0.1, 0.15) is 18.1 Å². The van der Waals surface area contributed by atoms with E-state index in [2.05, 4.69) is 6.58 Å². The molecule has 76 valence electrons. The number of hydrogen-bond acceptors (Lipinski definition) is 0. The normalized spacial score (nSPS) is 11.4. The maximum atomic E-state index is 12.3. The molecule has 0 N–H and O–H groups in total. The van der Waals surface area contributed by atoms with Crippen LogP contribution in [0.5, 0.6) is 0 Å². The average Bonchev–Trinajstić information content (AvgIpc) is 2.15. The Balaban J connectivity index is 3.02. The van der Waals surface area contributed by atoms with Gasteiger partial charge in [-0.15, -0.1) is 0 Å². The second-order valence-electron chi connectivity index (χ2n) is 3.03. The molecule has 0 atom stereocenters. The van der Waals surface area contributed by atoms with E-state index in [1.165, 1.54) is 12.1 Å². The van der Waals surface area contributed by atoms with Gasteiger partial charge in [0.2, 0.25) is 0 Å². The van der Waals surface area contributed by atoms with E-state index < -0.39 is 11.7 Å². The van der Waals surface area contributed by atoms with Crippen molar-refractivity contribution in [3.63, 3.8) is 0 Å². The van der Waals surface area contributed by atoms with Gasteiger partial charge in [-0.1, -0.05) is 37.8 Å². The molecule has 1 aromatic carbocycles.